The van der Waals surface area contributed by atoms with Gasteiger partial charge in [-0.2, -0.15) is 15.0 Å². The molecule has 0 bridgehead atoms. The predicted molar refractivity (Wildman–Crippen MR) is 96.5 cm³/mol. The smallest absolute Gasteiger partial charge is 0.227 e. The van der Waals surface area contributed by atoms with E-state index in [2.05, 4.69) is 46.4 Å². The number of anilines is 2. The molecule has 1 rings (SSSR count). The normalized spacial score (nSPS) is 11.0. The minimum Gasteiger partial charge on any atom is -0.378 e. The van der Waals surface area contributed by atoms with Crippen LogP contribution in [-0.2, 0) is 9.47 Å². The molecule has 8 heteroatoms. The summed E-state index contributed by atoms with van der Waals surface area (Å²) in [6.07, 6.45) is 2.22. The van der Waals surface area contributed by atoms with Gasteiger partial charge in [-0.1, -0.05) is 27.2 Å². The topological polar surface area (TPSA) is 107 Å². The molecule has 0 aliphatic rings. The molecule has 138 valence electrons. The van der Waals surface area contributed by atoms with Gasteiger partial charge in [0.1, 0.15) is 5.82 Å². The van der Waals surface area contributed by atoms with Gasteiger partial charge in [-0.3, -0.25) is 0 Å². The number of nitrogens with two attached hydrogens (primary N) is 1. The summed E-state index contributed by atoms with van der Waals surface area (Å²) < 4.78 is 10.7. The van der Waals surface area contributed by atoms with E-state index in [0.29, 0.717) is 51.4 Å². The van der Waals surface area contributed by atoms with E-state index in [1.807, 2.05) is 0 Å². The fourth-order valence-electron chi connectivity index (χ4n) is 1.83. The maximum Gasteiger partial charge on any atom is 0.227 e. The summed E-state index contributed by atoms with van der Waals surface area (Å²) in [6.45, 7) is 10.6. The average Bonchev–Trinajstić information content (AvgIpc) is 2.57. The Kier molecular flexibility index (Phi) is 11.0. The zero-order valence-corrected chi connectivity index (χ0v) is 15.2. The Hall–Kier alpha value is -1.51. The number of hydrogen-bond donors (Lipinski definition) is 3. The number of nitrogens with one attached hydrogen (secondary N) is 2. The maximum atomic E-state index is 5.47. The van der Waals surface area contributed by atoms with Gasteiger partial charge in [0.25, 0.3) is 0 Å². The van der Waals surface area contributed by atoms with Crippen molar-refractivity contribution in [1.82, 2.24) is 15.0 Å². The van der Waals surface area contributed by atoms with Gasteiger partial charge in [-0.15, -0.1) is 0 Å². The highest BCUT2D eigenvalue weighted by molar-refractivity contribution is 5.34. The molecule has 1 aromatic heterocycles. The van der Waals surface area contributed by atoms with Gasteiger partial charge in [0.15, 0.2) is 0 Å². The number of hydrogen-bond acceptors (Lipinski definition) is 8. The summed E-state index contributed by atoms with van der Waals surface area (Å²) in [4.78, 5) is 13.3. The van der Waals surface area contributed by atoms with Crippen molar-refractivity contribution in [1.29, 1.82) is 0 Å². The summed E-state index contributed by atoms with van der Waals surface area (Å²) >= 11 is 0. The quantitative estimate of drug-likeness (QED) is 0.439. The molecule has 0 spiro atoms. The Balaban J connectivity index is 2.39. The van der Waals surface area contributed by atoms with Gasteiger partial charge in [0.05, 0.1) is 26.4 Å². The van der Waals surface area contributed by atoms with Crippen LogP contribution in [0.4, 0.5) is 11.9 Å². The summed E-state index contributed by atoms with van der Waals surface area (Å²) in [7, 11) is 0. The second-order valence-corrected chi connectivity index (χ2v) is 5.72. The van der Waals surface area contributed by atoms with Crippen LogP contribution in [0, 0.1) is 0 Å². The third-order valence-electron chi connectivity index (χ3n) is 3.15. The zero-order chi connectivity index (χ0) is 17.6. The van der Waals surface area contributed by atoms with Gasteiger partial charge in [0, 0.05) is 25.6 Å². The summed E-state index contributed by atoms with van der Waals surface area (Å²) in [5.41, 5.74) is 5.34. The van der Waals surface area contributed by atoms with Crippen LogP contribution in [0.15, 0.2) is 0 Å². The molecule has 0 unspecified atom stereocenters. The van der Waals surface area contributed by atoms with E-state index in [0.717, 1.165) is 25.2 Å². The first-order valence-corrected chi connectivity index (χ1v) is 8.76. The lowest BCUT2D eigenvalue weighted by Gasteiger charge is -2.12. The highest BCUT2D eigenvalue weighted by Crippen LogP contribution is 2.13. The van der Waals surface area contributed by atoms with E-state index in [4.69, 9.17) is 15.2 Å². The van der Waals surface area contributed by atoms with E-state index in [9.17, 15) is 0 Å². The Bertz CT molecular complexity index is 445. The van der Waals surface area contributed by atoms with Crippen LogP contribution in [0.1, 0.15) is 45.4 Å². The molecule has 1 heterocycles. The molecule has 1 aromatic rings. The van der Waals surface area contributed by atoms with Crippen LogP contribution < -0.4 is 16.4 Å². The third-order valence-corrected chi connectivity index (χ3v) is 3.15. The minimum absolute atomic E-state index is 0.246. The molecule has 0 fully saturated rings. The third kappa shape index (κ3) is 8.95. The molecule has 0 atom stereocenters. The van der Waals surface area contributed by atoms with Crippen LogP contribution in [0.3, 0.4) is 0 Å². The fraction of sp³-hybridized carbons (Fsp3) is 0.812. The Morgan fingerprint density at radius 3 is 2.12 bits per heavy atom. The van der Waals surface area contributed by atoms with Crippen molar-refractivity contribution in [2.75, 3.05) is 56.7 Å². The molecule has 0 saturated heterocycles. The van der Waals surface area contributed by atoms with E-state index >= 15 is 0 Å². The SMILES string of the molecule is CCCCNc1nc(NCCOCCOCCN)nc(C(C)C)n1. The zero-order valence-electron chi connectivity index (χ0n) is 15.2. The Labute approximate surface area is 145 Å². The highest BCUT2D eigenvalue weighted by atomic mass is 16.5. The molecule has 0 amide bonds. The van der Waals surface area contributed by atoms with Crippen molar-refractivity contribution in [3.05, 3.63) is 5.82 Å². The van der Waals surface area contributed by atoms with E-state index < -0.39 is 0 Å². The monoisotopic (exact) mass is 340 g/mol. The molecule has 0 saturated carbocycles. The molecule has 0 aliphatic heterocycles. The molecular weight excluding hydrogens is 308 g/mol. The number of nitrogens with zero attached hydrogens (tertiary/aromatic N) is 3. The number of aromatic nitrogens is 3. The minimum atomic E-state index is 0.246. The van der Waals surface area contributed by atoms with Crippen LogP contribution >= 0.6 is 0 Å². The Morgan fingerprint density at radius 1 is 0.917 bits per heavy atom. The van der Waals surface area contributed by atoms with Gasteiger partial charge in [0.2, 0.25) is 11.9 Å². The first kappa shape index (κ1) is 20.5. The molecule has 4 N–H and O–H groups in total. The van der Waals surface area contributed by atoms with Crippen molar-refractivity contribution in [3.63, 3.8) is 0 Å². The summed E-state index contributed by atoms with van der Waals surface area (Å²) in [5, 5.41) is 6.44. The number of rotatable bonds is 14. The van der Waals surface area contributed by atoms with E-state index in [-0.39, 0.29) is 5.92 Å². The molecular formula is C16H32N6O2. The van der Waals surface area contributed by atoms with Crippen molar-refractivity contribution in [3.8, 4) is 0 Å². The first-order valence-electron chi connectivity index (χ1n) is 8.76. The lowest BCUT2D eigenvalue weighted by Crippen LogP contribution is -2.17. The van der Waals surface area contributed by atoms with Gasteiger partial charge in [-0.25, -0.2) is 0 Å². The van der Waals surface area contributed by atoms with Gasteiger partial charge in [-0.05, 0) is 6.42 Å². The van der Waals surface area contributed by atoms with Crippen molar-refractivity contribution >= 4 is 11.9 Å². The summed E-state index contributed by atoms with van der Waals surface area (Å²) in [5.74, 6) is 2.23. The van der Waals surface area contributed by atoms with Crippen LogP contribution in [0.5, 0.6) is 0 Å². The van der Waals surface area contributed by atoms with Crippen molar-refractivity contribution in [2.24, 2.45) is 5.73 Å². The lowest BCUT2D eigenvalue weighted by molar-refractivity contribution is 0.0547. The van der Waals surface area contributed by atoms with Crippen LogP contribution in [0.2, 0.25) is 0 Å². The largest absolute Gasteiger partial charge is 0.378 e. The Morgan fingerprint density at radius 2 is 1.54 bits per heavy atom. The van der Waals surface area contributed by atoms with Crippen molar-refractivity contribution in [2.45, 2.75) is 39.5 Å². The fourth-order valence-corrected chi connectivity index (χ4v) is 1.83. The number of unbranched alkanes of at least 4 members (excludes halogenated alkanes) is 1. The number of ether oxygens (including phenoxy) is 2. The predicted octanol–water partition coefficient (Wildman–Crippen LogP) is 1.61. The maximum absolute atomic E-state index is 5.47. The molecule has 0 radical (unpaired) electrons. The standard InChI is InChI=1S/C16H32N6O2/c1-4-5-7-18-15-20-14(13(2)3)21-16(22-15)19-8-10-24-12-11-23-9-6-17/h13H,4-12,17H2,1-3H3,(H2,18,19,20,21,22). The first-order chi connectivity index (χ1) is 11.7. The van der Waals surface area contributed by atoms with Gasteiger partial charge >= 0.3 is 0 Å². The van der Waals surface area contributed by atoms with Crippen LogP contribution in [-0.4, -0.2) is 61.0 Å². The lowest BCUT2D eigenvalue weighted by atomic mass is 10.2. The second kappa shape index (κ2) is 12.9. The molecule has 0 aromatic carbocycles. The van der Waals surface area contributed by atoms with Crippen molar-refractivity contribution < 1.29 is 9.47 Å². The van der Waals surface area contributed by atoms with Gasteiger partial charge < -0.3 is 25.8 Å². The average molecular weight is 340 g/mol. The van der Waals surface area contributed by atoms with E-state index in [1.165, 1.54) is 0 Å². The molecule has 24 heavy (non-hydrogen) atoms. The molecule has 0 aliphatic carbocycles. The van der Waals surface area contributed by atoms with E-state index in [1.54, 1.807) is 0 Å². The highest BCUT2D eigenvalue weighted by Gasteiger charge is 2.09. The van der Waals surface area contributed by atoms with Crippen LogP contribution in [0.25, 0.3) is 0 Å². The second-order valence-electron chi connectivity index (χ2n) is 5.72. The molecule has 8 nitrogen and oxygen atoms in total. The summed E-state index contributed by atoms with van der Waals surface area (Å²) in [6, 6.07) is 0.